The Morgan fingerprint density at radius 1 is 1.04 bits per heavy atom. The van der Waals surface area contributed by atoms with E-state index in [9.17, 15) is 4.79 Å². The third-order valence-corrected chi connectivity index (χ3v) is 3.69. The minimum absolute atomic E-state index is 0.0538. The van der Waals surface area contributed by atoms with Crippen LogP contribution in [0.2, 0.25) is 0 Å². The lowest BCUT2D eigenvalue weighted by Crippen LogP contribution is -2.20. The molecule has 0 aliphatic heterocycles. The number of carbonyl (C=O) groups is 1. The second-order valence-electron chi connectivity index (χ2n) is 5.99. The Hall–Kier alpha value is -2.88. The number of aryl methyl sites for hydroxylation is 3. The maximum absolute atomic E-state index is 12.2. The highest BCUT2D eigenvalue weighted by atomic mass is 16.5. The third kappa shape index (κ3) is 3.71. The molecule has 0 radical (unpaired) electrons. The lowest BCUT2D eigenvalue weighted by molar-refractivity contribution is -0.118. The van der Waals surface area contributed by atoms with Crippen LogP contribution in [0.3, 0.4) is 0 Å². The van der Waals surface area contributed by atoms with Gasteiger partial charge in [0.2, 0.25) is 0 Å². The van der Waals surface area contributed by atoms with E-state index in [2.05, 4.69) is 16.4 Å². The molecule has 3 aromatic rings. The molecule has 0 spiro atoms. The zero-order chi connectivity index (χ0) is 17.1. The SMILES string of the molecule is Cc1cc(C)cc(NC(=O)COc2cccc3ccc(C)nc23)c1. The van der Waals surface area contributed by atoms with E-state index in [-0.39, 0.29) is 12.5 Å². The maximum atomic E-state index is 12.2. The molecule has 0 saturated carbocycles. The van der Waals surface area contributed by atoms with Crippen LogP contribution in [0.4, 0.5) is 5.69 Å². The molecule has 0 atom stereocenters. The molecule has 2 aromatic carbocycles. The first-order valence-corrected chi connectivity index (χ1v) is 7.88. The number of benzene rings is 2. The highest BCUT2D eigenvalue weighted by molar-refractivity contribution is 5.92. The standard InChI is InChI=1S/C20H20N2O2/c1-13-9-14(2)11-17(10-13)22-19(23)12-24-18-6-4-5-16-8-7-15(3)21-20(16)18/h4-11H,12H2,1-3H3,(H,22,23). The van der Waals surface area contributed by atoms with Gasteiger partial charge in [0.1, 0.15) is 11.3 Å². The molecule has 4 nitrogen and oxygen atoms in total. The Morgan fingerprint density at radius 3 is 2.54 bits per heavy atom. The van der Waals surface area contributed by atoms with Crippen molar-refractivity contribution in [2.75, 3.05) is 11.9 Å². The summed E-state index contributed by atoms with van der Waals surface area (Å²) >= 11 is 0. The zero-order valence-electron chi connectivity index (χ0n) is 14.1. The number of nitrogens with zero attached hydrogens (tertiary/aromatic N) is 1. The highest BCUT2D eigenvalue weighted by Gasteiger charge is 2.08. The number of para-hydroxylation sites is 1. The van der Waals surface area contributed by atoms with Gasteiger partial charge in [0.05, 0.1) is 0 Å². The summed E-state index contributed by atoms with van der Waals surface area (Å²) in [4.78, 5) is 16.7. The van der Waals surface area contributed by atoms with Gasteiger partial charge in [-0.25, -0.2) is 4.98 Å². The van der Waals surface area contributed by atoms with Gasteiger partial charge in [0, 0.05) is 16.8 Å². The van der Waals surface area contributed by atoms with Gasteiger partial charge in [-0.1, -0.05) is 24.3 Å². The van der Waals surface area contributed by atoms with E-state index >= 15 is 0 Å². The number of anilines is 1. The Kier molecular flexibility index (Phi) is 4.47. The number of carbonyl (C=O) groups excluding carboxylic acids is 1. The molecule has 0 bridgehead atoms. The van der Waals surface area contributed by atoms with Crippen molar-refractivity contribution in [2.24, 2.45) is 0 Å². The number of fused-ring (bicyclic) bond motifs is 1. The number of nitrogens with one attached hydrogen (secondary N) is 1. The average molecular weight is 320 g/mol. The monoisotopic (exact) mass is 320 g/mol. The molecule has 3 rings (SSSR count). The Balaban J connectivity index is 1.71. The highest BCUT2D eigenvalue weighted by Crippen LogP contribution is 2.24. The molecule has 0 aliphatic rings. The fourth-order valence-corrected chi connectivity index (χ4v) is 2.72. The summed E-state index contributed by atoms with van der Waals surface area (Å²) in [6.07, 6.45) is 0. The van der Waals surface area contributed by atoms with Crippen molar-refractivity contribution in [3.63, 3.8) is 0 Å². The maximum Gasteiger partial charge on any atom is 0.262 e. The number of aromatic nitrogens is 1. The van der Waals surface area contributed by atoms with E-state index in [0.29, 0.717) is 5.75 Å². The second-order valence-corrected chi connectivity index (χ2v) is 5.99. The number of rotatable bonds is 4. The molecule has 0 unspecified atom stereocenters. The summed E-state index contributed by atoms with van der Waals surface area (Å²) < 4.78 is 5.69. The number of hydrogen-bond donors (Lipinski definition) is 1. The first-order valence-electron chi connectivity index (χ1n) is 7.88. The average Bonchev–Trinajstić information content (AvgIpc) is 2.52. The lowest BCUT2D eigenvalue weighted by atomic mass is 10.1. The lowest BCUT2D eigenvalue weighted by Gasteiger charge is -2.10. The first-order chi connectivity index (χ1) is 11.5. The van der Waals surface area contributed by atoms with Crippen molar-refractivity contribution in [2.45, 2.75) is 20.8 Å². The number of hydrogen-bond acceptors (Lipinski definition) is 3. The quantitative estimate of drug-likeness (QED) is 0.784. The predicted molar refractivity (Wildman–Crippen MR) is 96.5 cm³/mol. The molecule has 122 valence electrons. The summed E-state index contributed by atoms with van der Waals surface area (Å²) in [6, 6.07) is 15.6. The summed E-state index contributed by atoms with van der Waals surface area (Å²) in [5.74, 6) is 0.427. The number of amides is 1. The van der Waals surface area contributed by atoms with Crippen molar-refractivity contribution in [3.8, 4) is 5.75 Å². The molecule has 24 heavy (non-hydrogen) atoms. The fraction of sp³-hybridized carbons (Fsp3) is 0.200. The van der Waals surface area contributed by atoms with Crippen molar-refractivity contribution in [1.29, 1.82) is 0 Å². The largest absolute Gasteiger partial charge is 0.481 e. The Labute approximate surface area is 141 Å². The van der Waals surface area contributed by atoms with Gasteiger partial charge in [-0.15, -0.1) is 0 Å². The summed E-state index contributed by atoms with van der Waals surface area (Å²) in [5.41, 5.74) is 4.70. The van der Waals surface area contributed by atoms with Crippen LogP contribution < -0.4 is 10.1 Å². The van der Waals surface area contributed by atoms with Gasteiger partial charge < -0.3 is 10.1 Å². The van der Waals surface area contributed by atoms with Gasteiger partial charge in [-0.3, -0.25) is 4.79 Å². The number of pyridine rings is 1. The van der Waals surface area contributed by atoms with E-state index < -0.39 is 0 Å². The second kappa shape index (κ2) is 6.71. The van der Waals surface area contributed by atoms with Gasteiger partial charge in [-0.2, -0.15) is 0 Å². The predicted octanol–water partition coefficient (Wildman–Crippen LogP) is 4.18. The molecule has 1 aromatic heterocycles. The van der Waals surface area contributed by atoms with Gasteiger partial charge in [0.15, 0.2) is 6.61 Å². The molecular formula is C20H20N2O2. The third-order valence-electron chi connectivity index (χ3n) is 3.69. The van der Waals surface area contributed by atoms with E-state index in [1.54, 1.807) is 0 Å². The molecule has 0 aliphatic carbocycles. The molecule has 0 fully saturated rings. The van der Waals surface area contributed by atoms with Crippen molar-refractivity contribution >= 4 is 22.5 Å². The van der Waals surface area contributed by atoms with Crippen LogP contribution in [-0.4, -0.2) is 17.5 Å². The summed E-state index contributed by atoms with van der Waals surface area (Å²) in [6.45, 7) is 5.89. The van der Waals surface area contributed by atoms with Crippen LogP contribution >= 0.6 is 0 Å². The Morgan fingerprint density at radius 2 is 1.79 bits per heavy atom. The van der Waals surface area contributed by atoms with Gasteiger partial charge in [-0.05, 0) is 56.2 Å². The van der Waals surface area contributed by atoms with Crippen LogP contribution in [-0.2, 0) is 4.79 Å². The van der Waals surface area contributed by atoms with E-state index in [1.165, 1.54) is 0 Å². The smallest absolute Gasteiger partial charge is 0.262 e. The topological polar surface area (TPSA) is 51.2 Å². The molecular weight excluding hydrogens is 300 g/mol. The van der Waals surface area contributed by atoms with E-state index in [1.807, 2.05) is 63.2 Å². The normalized spacial score (nSPS) is 10.6. The molecule has 1 N–H and O–H groups in total. The van der Waals surface area contributed by atoms with Gasteiger partial charge >= 0.3 is 0 Å². The van der Waals surface area contributed by atoms with Crippen LogP contribution in [0.1, 0.15) is 16.8 Å². The van der Waals surface area contributed by atoms with Gasteiger partial charge in [0.25, 0.3) is 5.91 Å². The first kappa shape index (κ1) is 16.0. The van der Waals surface area contributed by atoms with Crippen LogP contribution in [0.5, 0.6) is 5.75 Å². The van der Waals surface area contributed by atoms with Crippen LogP contribution in [0, 0.1) is 20.8 Å². The van der Waals surface area contributed by atoms with Crippen LogP contribution in [0.25, 0.3) is 10.9 Å². The Bertz CT molecular complexity index is 883. The number of ether oxygens (including phenoxy) is 1. The molecule has 0 saturated heterocycles. The summed E-state index contributed by atoms with van der Waals surface area (Å²) in [7, 11) is 0. The van der Waals surface area contributed by atoms with Crippen molar-refractivity contribution in [1.82, 2.24) is 4.98 Å². The minimum Gasteiger partial charge on any atom is -0.481 e. The zero-order valence-corrected chi connectivity index (χ0v) is 14.1. The summed E-state index contributed by atoms with van der Waals surface area (Å²) in [5, 5.41) is 3.86. The fourth-order valence-electron chi connectivity index (χ4n) is 2.72. The van der Waals surface area contributed by atoms with Crippen molar-refractivity contribution in [3.05, 3.63) is 65.4 Å². The van der Waals surface area contributed by atoms with Crippen LogP contribution in [0.15, 0.2) is 48.5 Å². The molecule has 4 heteroatoms. The van der Waals surface area contributed by atoms with E-state index in [0.717, 1.165) is 33.4 Å². The molecule has 1 heterocycles. The minimum atomic E-state index is -0.190. The molecule has 1 amide bonds. The van der Waals surface area contributed by atoms with E-state index in [4.69, 9.17) is 4.74 Å². The van der Waals surface area contributed by atoms with Crippen molar-refractivity contribution < 1.29 is 9.53 Å².